The van der Waals surface area contributed by atoms with Gasteiger partial charge in [-0.1, -0.05) is 90.9 Å². The van der Waals surface area contributed by atoms with Gasteiger partial charge >= 0.3 is 11.9 Å². The van der Waals surface area contributed by atoms with Gasteiger partial charge in [-0.25, -0.2) is 4.79 Å². The Kier molecular flexibility index (Phi) is 17.5. The summed E-state index contributed by atoms with van der Waals surface area (Å²) in [5.41, 5.74) is 0. The van der Waals surface area contributed by atoms with Gasteiger partial charge in [0, 0.05) is 6.42 Å². The van der Waals surface area contributed by atoms with Gasteiger partial charge in [0.2, 0.25) is 5.76 Å². The molecule has 0 spiro atoms. The van der Waals surface area contributed by atoms with Gasteiger partial charge in [0.1, 0.15) is 0 Å². The number of carboxylic acids is 1. The largest absolute Gasteiger partial charge is 0.475 e. The molecule has 0 unspecified atom stereocenters. The summed E-state index contributed by atoms with van der Waals surface area (Å²) in [5.74, 6) is -1.79. The number of hydrogen-bond donors (Lipinski definition) is 1. The lowest BCUT2D eigenvalue weighted by Gasteiger charge is -2.05. The summed E-state index contributed by atoms with van der Waals surface area (Å²) >= 11 is 0. The third-order valence-corrected chi connectivity index (χ3v) is 4.56. The molecular formula is C22H40O4. The van der Waals surface area contributed by atoms with E-state index in [-0.39, 0.29) is 5.76 Å². The summed E-state index contributed by atoms with van der Waals surface area (Å²) in [4.78, 5) is 22.9. The van der Waals surface area contributed by atoms with Gasteiger partial charge in [0.05, 0.1) is 0 Å². The van der Waals surface area contributed by atoms with E-state index in [4.69, 9.17) is 9.84 Å². The first-order chi connectivity index (χ1) is 12.6. The summed E-state index contributed by atoms with van der Waals surface area (Å²) in [5, 5.41) is 9.16. The Balaban J connectivity index is 3.82. The van der Waals surface area contributed by atoms with Crippen molar-refractivity contribution in [3.05, 3.63) is 11.8 Å². The molecule has 0 radical (unpaired) electrons. The first kappa shape index (κ1) is 24.7. The van der Waals surface area contributed by atoms with Crippen LogP contribution in [-0.4, -0.2) is 17.0 Å². The van der Waals surface area contributed by atoms with Gasteiger partial charge in [-0.3, -0.25) is 4.79 Å². The number of rotatable bonds is 18. The minimum atomic E-state index is -1.15. The van der Waals surface area contributed by atoms with Crippen LogP contribution in [-0.2, 0) is 14.3 Å². The van der Waals surface area contributed by atoms with Crippen LogP contribution in [0.1, 0.15) is 117 Å². The molecule has 0 aromatic carbocycles. The molecule has 0 aliphatic carbocycles. The third kappa shape index (κ3) is 16.2. The lowest BCUT2D eigenvalue weighted by atomic mass is 10.1. The molecule has 0 amide bonds. The van der Waals surface area contributed by atoms with E-state index in [1.54, 1.807) is 6.08 Å². The number of hydrogen-bond acceptors (Lipinski definition) is 3. The van der Waals surface area contributed by atoms with Crippen LogP contribution in [0.4, 0.5) is 0 Å². The molecule has 0 heterocycles. The fraction of sp³-hybridized carbons (Fsp3) is 0.818. The number of aliphatic carboxylic acids is 1. The van der Waals surface area contributed by atoms with Crippen LogP contribution in [0.25, 0.3) is 0 Å². The molecule has 4 nitrogen and oxygen atoms in total. The van der Waals surface area contributed by atoms with Gasteiger partial charge in [-0.2, -0.15) is 0 Å². The van der Waals surface area contributed by atoms with Crippen molar-refractivity contribution >= 4 is 11.9 Å². The molecule has 152 valence electrons. The second-order valence-electron chi connectivity index (χ2n) is 7.13. The van der Waals surface area contributed by atoms with E-state index in [0.29, 0.717) is 12.8 Å². The van der Waals surface area contributed by atoms with Crippen LogP contribution in [0, 0.1) is 0 Å². The SMILES string of the molecule is CCCCCCCCCCCC=C(OC(=O)CCCCCCC)C(=O)O. The van der Waals surface area contributed by atoms with Gasteiger partial charge < -0.3 is 9.84 Å². The zero-order chi connectivity index (χ0) is 19.5. The molecule has 0 atom stereocenters. The fourth-order valence-electron chi connectivity index (χ4n) is 2.91. The topological polar surface area (TPSA) is 63.6 Å². The molecule has 0 aliphatic heterocycles. The Morgan fingerprint density at radius 3 is 1.69 bits per heavy atom. The van der Waals surface area contributed by atoms with Crippen molar-refractivity contribution in [1.82, 2.24) is 0 Å². The molecule has 0 aliphatic rings. The molecular weight excluding hydrogens is 328 g/mol. The normalized spacial score (nSPS) is 11.5. The van der Waals surface area contributed by atoms with Crippen molar-refractivity contribution < 1.29 is 19.4 Å². The lowest BCUT2D eigenvalue weighted by molar-refractivity contribution is -0.148. The highest BCUT2D eigenvalue weighted by atomic mass is 16.6. The summed E-state index contributed by atoms with van der Waals surface area (Å²) < 4.78 is 5.02. The maximum absolute atomic E-state index is 11.7. The average molecular weight is 369 g/mol. The zero-order valence-electron chi connectivity index (χ0n) is 17.1. The Bertz CT molecular complexity index is 388. The standard InChI is InChI=1S/C22H40O4/c1-3-5-7-9-10-11-12-13-15-16-18-20(22(24)25)26-21(23)19-17-14-8-6-4-2/h18H,3-17,19H2,1-2H3,(H,24,25). The Morgan fingerprint density at radius 1 is 0.731 bits per heavy atom. The van der Waals surface area contributed by atoms with Crippen molar-refractivity contribution in [2.75, 3.05) is 0 Å². The zero-order valence-corrected chi connectivity index (χ0v) is 17.1. The highest BCUT2D eigenvalue weighted by Crippen LogP contribution is 2.12. The molecule has 0 rings (SSSR count). The average Bonchev–Trinajstić information content (AvgIpc) is 2.62. The maximum Gasteiger partial charge on any atom is 0.371 e. The van der Waals surface area contributed by atoms with Gasteiger partial charge in [-0.15, -0.1) is 0 Å². The van der Waals surface area contributed by atoms with Crippen LogP contribution < -0.4 is 0 Å². The fourth-order valence-corrected chi connectivity index (χ4v) is 2.91. The molecule has 26 heavy (non-hydrogen) atoms. The van der Waals surface area contributed by atoms with Crippen molar-refractivity contribution in [2.45, 2.75) is 117 Å². The predicted molar refractivity (Wildman–Crippen MR) is 107 cm³/mol. The molecule has 0 aromatic rings. The van der Waals surface area contributed by atoms with E-state index in [0.717, 1.165) is 38.5 Å². The van der Waals surface area contributed by atoms with Gasteiger partial charge in [0.25, 0.3) is 0 Å². The number of carboxylic acid groups (broad SMARTS) is 1. The minimum absolute atomic E-state index is 0.205. The quantitative estimate of drug-likeness (QED) is 0.125. The summed E-state index contributed by atoms with van der Waals surface area (Å²) in [6, 6.07) is 0. The van der Waals surface area contributed by atoms with Crippen LogP contribution in [0.15, 0.2) is 11.8 Å². The second-order valence-corrected chi connectivity index (χ2v) is 7.13. The number of esters is 1. The second kappa shape index (κ2) is 18.5. The van der Waals surface area contributed by atoms with Gasteiger partial charge in [-0.05, 0) is 25.3 Å². The molecule has 0 aromatic heterocycles. The molecule has 0 fully saturated rings. The van der Waals surface area contributed by atoms with Gasteiger partial charge in [0.15, 0.2) is 0 Å². The van der Waals surface area contributed by atoms with E-state index in [1.807, 2.05) is 0 Å². The Labute approximate surface area is 160 Å². The Hall–Kier alpha value is -1.32. The van der Waals surface area contributed by atoms with E-state index >= 15 is 0 Å². The lowest BCUT2D eigenvalue weighted by Crippen LogP contribution is -2.11. The maximum atomic E-state index is 11.7. The van der Waals surface area contributed by atoms with E-state index < -0.39 is 11.9 Å². The summed E-state index contributed by atoms with van der Waals surface area (Å²) in [7, 11) is 0. The number of ether oxygens (including phenoxy) is 1. The number of allylic oxidation sites excluding steroid dienone is 1. The summed E-state index contributed by atoms with van der Waals surface area (Å²) in [6.45, 7) is 4.37. The first-order valence-electron chi connectivity index (χ1n) is 10.8. The number of carbonyl (C=O) groups excluding carboxylic acids is 1. The molecule has 1 N–H and O–H groups in total. The number of unbranched alkanes of at least 4 members (excludes halogenated alkanes) is 13. The monoisotopic (exact) mass is 368 g/mol. The van der Waals surface area contributed by atoms with Crippen LogP contribution in [0.5, 0.6) is 0 Å². The molecule has 0 saturated heterocycles. The van der Waals surface area contributed by atoms with E-state index in [1.165, 1.54) is 51.4 Å². The Morgan fingerprint density at radius 2 is 1.19 bits per heavy atom. The van der Waals surface area contributed by atoms with Crippen molar-refractivity contribution in [3.63, 3.8) is 0 Å². The van der Waals surface area contributed by atoms with Crippen LogP contribution in [0.2, 0.25) is 0 Å². The molecule has 0 bridgehead atoms. The van der Waals surface area contributed by atoms with E-state index in [2.05, 4.69) is 13.8 Å². The molecule has 0 saturated carbocycles. The van der Waals surface area contributed by atoms with Crippen LogP contribution >= 0.6 is 0 Å². The van der Waals surface area contributed by atoms with Crippen molar-refractivity contribution in [1.29, 1.82) is 0 Å². The minimum Gasteiger partial charge on any atom is -0.475 e. The van der Waals surface area contributed by atoms with Crippen molar-refractivity contribution in [3.8, 4) is 0 Å². The number of carbonyl (C=O) groups is 2. The third-order valence-electron chi connectivity index (χ3n) is 4.56. The van der Waals surface area contributed by atoms with Crippen molar-refractivity contribution in [2.24, 2.45) is 0 Å². The van der Waals surface area contributed by atoms with Crippen LogP contribution in [0.3, 0.4) is 0 Å². The smallest absolute Gasteiger partial charge is 0.371 e. The predicted octanol–water partition coefficient (Wildman–Crippen LogP) is 6.78. The molecule has 4 heteroatoms. The summed E-state index contributed by atoms with van der Waals surface area (Å²) in [6.07, 6.45) is 18.8. The van der Waals surface area contributed by atoms with E-state index in [9.17, 15) is 9.59 Å². The highest BCUT2D eigenvalue weighted by Gasteiger charge is 2.13. The highest BCUT2D eigenvalue weighted by molar-refractivity contribution is 5.87. The first-order valence-corrected chi connectivity index (χ1v) is 10.8.